The van der Waals surface area contributed by atoms with Crippen LogP contribution in [0.1, 0.15) is 37.7 Å². The van der Waals surface area contributed by atoms with Crippen LogP contribution >= 0.6 is 0 Å². The summed E-state index contributed by atoms with van der Waals surface area (Å²) < 4.78 is 33.7. The maximum atomic E-state index is 13.3. The van der Waals surface area contributed by atoms with E-state index in [9.17, 15) is 8.42 Å². The number of ether oxygens (including phenoxy) is 1. The van der Waals surface area contributed by atoms with Gasteiger partial charge < -0.3 is 10.1 Å². The molecule has 1 N–H and O–H groups in total. The molecule has 0 radical (unpaired) electrons. The average Bonchev–Trinajstić information content (AvgIpc) is 2.97. The second-order valence-electron chi connectivity index (χ2n) is 9.78. The fourth-order valence-electron chi connectivity index (χ4n) is 5.01. The number of sulfonamides is 1. The molecule has 0 bridgehead atoms. The predicted molar refractivity (Wildman–Crippen MR) is 155 cm³/mol. The number of nitrogens with zero attached hydrogens (tertiary/aromatic N) is 4. The van der Waals surface area contributed by atoms with E-state index in [-0.39, 0.29) is 6.04 Å². The van der Waals surface area contributed by atoms with Crippen molar-refractivity contribution < 1.29 is 13.2 Å². The largest absolute Gasteiger partial charge is 0.495 e. The Balaban J connectivity index is 1.34. The Morgan fingerprint density at radius 2 is 1.62 bits per heavy atom. The highest BCUT2D eigenvalue weighted by molar-refractivity contribution is 7.89. The topological polar surface area (TPSA) is 87.7 Å². The third-order valence-corrected chi connectivity index (χ3v) is 9.19. The summed E-state index contributed by atoms with van der Waals surface area (Å²) in [6, 6.07) is 22.9. The van der Waals surface area contributed by atoms with Crippen LogP contribution in [0.2, 0.25) is 0 Å². The zero-order valence-electron chi connectivity index (χ0n) is 22.7. The minimum Gasteiger partial charge on any atom is -0.495 e. The lowest BCUT2D eigenvalue weighted by Gasteiger charge is -2.37. The summed E-state index contributed by atoms with van der Waals surface area (Å²) in [7, 11) is -1.88. The van der Waals surface area contributed by atoms with Crippen LogP contribution in [0.4, 0.5) is 11.5 Å². The van der Waals surface area contributed by atoms with Crippen molar-refractivity contribution in [2.75, 3.05) is 38.6 Å². The van der Waals surface area contributed by atoms with Crippen LogP contribution in [0.5, 0.6) is 5.75 Å². The normalized spacial score (nSPS) is 15.8. The summed E-state index contributed by atoms with van der Waals surface area (Å²) in [5.74, 6) is 2.13. The van der Waals surface area contributed by atoms with Crippen molar-refractivity contribution in [3.8, 4) is 5.75 Å². The SMILES string of the molecule is CCCc1ccc(S(=O)(=O)N2CCN([C@@H](C)c3nc(Nc4ccccc4OC)c4ccccc4n3)CC2)cc1. The Bertz CT molecular complexity index is 1530. The molecule has 1 aliphatic rings. The van der Waals surface area contributed by atoms with Crippen molar-refractivity contribution in [2.24, 2.45) is 0 Å². The van der Waals surface area contributed by atoms with Gasteiger partial charge in [-0.25, -0.2) is 18.4 Å². The van der Waals surface area contributed by atoms with Crippen LogP contribution in [-0.2, 0) is 16.4 Å². The number of anilines is 2. The fourth-order valence-corrected chi connectivity index (χ4v) is 6.43. The molecule has 0 aliphatic carbocycles. The molecule has 5 rings (SSSR count). The molecule has 1 aliphatic heterocycles. The van der Waals surface area contributed by atoms with Crippen molar-refractivity contribution in [3.05, 3.63) is 84.2 Å². The van der Waals surface area contributed by atoms with E-state index in [4.69, 9.17) is 14.7 Å². The average molecular weight is 546 g/mol. The smallest absolute Gasteiger partial charge is 0.243 e. The Morgan fingerprint density at radius 1 is 0.923 bits per heavy atom. The van der Waals surface area contributed by atoms with Gasteiger partial charge >= 0.3 is 0 Å². The number of methoxy groups -OCH3 is 1. The van der Waals surface area contributed by atoms with Crippen molar-refractivity contribution in [1.82, 2.24) is 19.2 Å². The van der Waals surface area contributed by atoms with Gasteiger partial charge in [0, 0.05) is 31.6 Å². The van der Waals surface area contributed by atoms with Gasteiger partial charge in [0.2, 0.25) is 10.0 Å². The highest BCUT2D eigenvalue weighted by Gasteiger charge is 2.31. The minimum absolute atomic E-state index is 0.0917. The number of hydrogen-bond acceptors (Lipinski definition) is 7. The lowest BCUT2D eigenvalue weighted by Crippen LogP contribution is -2.49. The van der Waals surface area contributed by atoms with Gasteiger partial charge in [0.15, 0.2) is 0 Å². The molecule has 0 saturated carbocycles. The summed E-state index contributed by atoms with van der Waals surface area (Å²) in [5, 5.41) is 4.36. The van der Waals surface area contributed by atoms with E-state index < -0.39 is 10.0 Å². The van der Waals surface area contributed by atoms with Crippen molar-refractivity contribution in [2.45, 2.75) is 37.6 Å². The van der Waals surface area contributed by atoms with E-state index in [1.807, 2.05) is 60.7 Å². The first-order chi connectivity index (χ1) is 18.9. The molecule has 0 unspecified atom stereocenters. The lowest BCUT2D eigenvalue weighted by molar-refractivity contribution is 0.141. The Kier molecular flexibility index (Phi) is 8.11. The summed E-state index contributed by atoms with van der Waals surface area (Å²) >= 11 is 0. The molecule has 8 nitrogen and oxygen atoms in total. The molecule has 4 aromatic rings. The van der Waals surface area contributed by atoms with E-state index in [0.29, 0.717) is 42.7 Å². The minimum atomic E-state index is -3.53. The van der Waals surface area contributed by atoms with Crippen molar-refractivity contribution in [3.63, 3.8) is 0 Å². The number of benzene rings is 3. The highest BCUT2D eigenvalue weighted by Crippen LogP contribution is 2.31. The molecule has 1 saturated heterocycles. The van der Waals surface area contributed by atoms with Crippen LogP contribution < -0.4 is 10.1 Å². The number of piperazine rings is 1. The number of aryl methyl sites for hydroxylation is 1. The molecule has 1 fully saturated rings. The van der Waals surface area contributed by atoms with Crippen LogP contribution in [0.3, 0.4) is 0 Å². The maximum Gasteiger partial charge on any atom is 0.243 e. The molecule has 1 atom stereocenters. The molecule has 0 spiro atoms. The van der Waals surface area contributed by atoms with Crippen molar-refractivity contribution in [1.29, 1.82) is 0 Å². The molecule has 0 amide bonds. The van der Waals surface area contributed by atoms with E-state index in [2.05, 4.69) is 24.1 Å². The summed E-state index contributed by atoms with van der Waals surface area (Å²) in [6.45, 7) is 6.23. The molecular weight excluding hydrogens is 510 g/mol. The molecule has 39 heavy (non-hydrogen) atoms. The first-order valence-corrected chi connectivity index (χ1v) is 14.8. The Morgan fingerprint density at radius 3 is 2.33 bits per heavy atom. The highest BCUT2D eigenvalue weighted by atomic mass is 32.2. The first-order valence-electron chi connectivity index (χ1n) is 13.4. The van der Waals surface area contributed by atoms with E-state index in [1.165, 1.54) is 0 Å². The summed E-state index contributed by atoms with van der Waals surface area (Å²) in [6.07, 6.45) is 1.98. The van der Waals surface area contributed by atoms with E-state index >= 15 is 0 Å². The zero-order chi connectivity index (χ0) is 27.4. The second kappa shape index (κ2) is 11.7. The zero-order valence-corrected chi connectivity index (χ0v) is 23.5. The standard InChI is InChI=1S/C30H35N5O3S/c1-4-9-23-14-16-24(17-15-23)39(36,37)35-20-18-34(19-21-35)22(2)29-31-26-11-6-5-10-25(26)30(33-29)32-27-12-7-8-13-28(27)38-3/h5-8,10-17,22H,4,9,18-21H2,1-3H3,(H,31,32,33)/t22-/m0/s1. The Labute approximate surface area is 230 Å². The quantitative estimate of drug-likeness (QED) is 0.301. The fraction of sp³-hybridized carbons (Fsp3) is 0.333. The van der Waals surface area contributed by atoms with Gasteiger partial charge in [-0.1, -0.05) is 49.7 Å². The molecule has 1 aromatic heterocycles. The summed E-state index contributed by atoms with van der Waals surface area (Å²) in [4.78, 5) is 12.4. The number of fused-ring (bicyclic) bond motifs is 1. The van der Waals surface area contributed by atoms with Crippen LogP contribution in [-0.4, -0.2) is 60.9 Å². The maximum absolute atomic E-state index is 13.3. The molecular formula is C30H35N5O3S. The number of rotatable bonds is 9. The van der Waals surface area contributed by atoms with Gasteiger partial charge in [0.1, 0.15) is 17.4 Å². The molecule has 2 heterocycles. The van der Waals surface area contributed by atoms with Gasteiger partial charge in [-0.05, 0) is 55.3 Å². The molecule has 204 valence electrons. The monoisotopic (exact) mass is 545 g/mol. The van der Waals surface area contributed by atoms with Gasteiger partial charge in [0.05, 0.1) is 29.3 Å². The number of nitrogens with one attached hydrogen (secondary N) is 1. The van der Waals surface area contributed by atoms with E-state index in [1.54, 1.807) is 23.5 Å². The van der Waals surface area contributed by atoms with E-state index in [0.717, 1.165) is 40.7 Å². The van der Waals surface area contributed by atoms with Crippen LogP contribution in [0, 0.1) is 0 Å². The first kappa shape index (κ1) is 27.1. The Hall–Kier alpha value is -3.53. The summed E-state index contributed by atoms with van der Waals surface area (Å²) in [5.41, 5.74) is 2.83. The number of hydrogen-bond donors (Lipinski definition) is 1. The number of para-hydroxylation sites is 3. The third-order valence-electron chi connectivity index (χ3n) is 7.27. The van der Waals surface area contributed by atoms with Gasteiger partial charge in [-0.3, -0.25) is 4.90 Å². The van der Waals surface area contributed by atoms with Crippen molar-refractivity contribution >= 4 is 32.4 Å². The molecule has 9 heteroatoms. The molecule has 3 aromatic carbocycles. The lowest BCUT2D eigenvalue weighted by atomic mass is 10.1. The van der Waals surface area contributed by atoms with Gasteiger partial charge in [-0.2, -0.15) is 4.31 Å². The number of aromatic nitrogens is 2. The van der Waals surface area contributed by atoms with Crippen LogP contribution in [0.15, 0.2) is 77.7 Å². The second-order valence-corrected chi connectivity index (χ2v) is 11.7. The van der Waals surface area contributed by atoms with Gasteiger partial charge in [-0.15, -0.1) is 0 Å². The predicted octanol–water partition coefficient (Wildman–Crippen LogP) is 5.40. The van der Waals surface area contributed by atoms with Gasteiger partial charge in [0.25, 0.3) is 0 Å². The van der Waals surface area contributed by atoms with Crippen LogP contribution in [0.25, 0.3) is 10.9 Å². The third kappa shape index (κ3) is 5.75.